The molecule has 1 unspecified atom stereocenters. The van der Waals surface area contributed by atoms with Crippen LogP contribution in [0, 0.1) is 6.92 Å². The third-order valence-corrected chi connectivity index (χ3v) is 5.34. The number of hydrogen-bond acceptors (Lipinski definition) is 6. The molecule has 0 aliphatic carbocycles. The van der Waals surface area contributed by atoms with Gasteiger partial charge in [0.1, 0.15) is 17.0 Å². The van der Waals surface area contributed by atoms with Crippen molar-refractivity contribution in [2.45, 2.75) is 13.0 Å². The summed E-state index contributed by atoms with van der Waals surface area (Å²) in [4.78, 5) is 14.6. The van der Waals surface area contributed by atoms with Gasteiger partial charge in [0.25, 0.3) is 0 Å². The highest BCUT2D eigenvalue weighted by atomic mass is 32.1. The first-order valence-electron chi connectivity index (χ1n) is 6.80. The smallest absolute Gasteiger partial charge is 0.138 e. The molecule has 110 valence electrons. The van der Waals surface area contributed by atoms with E-state index in [0.29, 0.717) is 6.04 Å². The Kier molecular flexibility index (Phi) is 4.19. The molecule has 0 saturated carbocycles. The van der Waals surface area contributed by atoms with E-state index in [9.17, 15) is 0 Å². The number of aromatic nitrogens is 2. The van der Waals surface area contributed by atoms with Gasteiger partial charge in [-0.3, -0.25) is 0 Å². The zero-order chi connectivity index (χ0) is 14.8. The van der Waals surface area contributed by atoms with Crippen molar-refractivity contribution in [1.82, 2.24) is 14.9 Å². The number of rotatable bonds is 5. The lowest BCUT2D eigenvalue weighted by atomic mass is 10.2. The highest BCUT2D eigenvalue weighted by molar-refractivity contribution is 7.18. The maximum Gasteiger partial charge on any atom is 0.138 e. The lowest BCUT2D eigenvalue weighted by Crippen LogP contribution is -2.26. The second-order valence-corrected chi connectivity index (χ2v) is 7.39. The van der Waals surface area contributed by atoms with Crippen LogP contribution in [0.4, 0.5) is 5.82 Å². The van der Waals surface area contributed by atoms with E-state index in [1.54, 1.807) is 29.0 Å². The van der Waals surface area contributed by atoms with Gasteiger partial charge in [-0.25, -0.2) is 9.97 Å². The van der Waals surface area contributed by atoms with Crippen molar-refractivity contribution in [3.63, 3.8) is 0 Å². The molecule has 3 heterocycles. The Labute approximate surface area is 132 Å². The molecule has 1 atom stereocenters. The van der Waals surface area contributed by atoms with Crippen LogP contribution < -0.4 is 5.32 Å². The standard InChI is InChI=1S/C15H18N4S2/c1-10-7-11-14(17-9-18-15(11)21-10)16-8-12(19(2)3)13-5-4-6-20-13/h4-7,9,12H,8H2,1-3H3,(H,16,17,18). The first-order chi connectivity index (χ1) is 10.1. The van der Waals surface area contributed by atoms with Crippen LogP contribution >= 0.6 is 22.7 Å². The Morgan fingerprint density at radius 2 is 2.19 bits per heavy atom. The Bertz CT molecular complexity index is 718. The molecule has 1 N–H and O–H groups in total. The quantitative estimate of drug-likeness (QED) is 0.777. The Morgan fingerprint density at radius 3 is 2.90 bits per heavy atom. The Hall–Kier alpha value is -1.50. The molecule has 0 amide bonds. The molecule has 4 nitrogen and oxygen atoms in total. The molecule has 3 rings (SSSR count). The van der Waals surface area contributed by atoms with Crippen molar-refractivity contribution < 1.29 is 0 Å². The zero-order valence-electron chi connectivity index (χ0n) is 12.3. The van der Waals surface area contributed by atoms with Gasteiger partial charge in [0.2, 0.25) is 0 Å². The summed E-state index contributed by atoms with van der Waals surface area (Å²) in [5, 5.41) is 6.73. The summed E-state index contributed by atoms with van der Waals surface area (Å²) < 4.78 is 0. The van der Waals surface area contributed by atoms with Gasteiger partial charge in [-0.1, -0.05) is 6.07 Å². The number of aryl methyl sites for hydroxylation is 1. The first-order valence-corrected chi connectivity index (χ1v) is 8.49. The lowest BCUT2D eigenvalue weighted by molar-refractivity contribution is 0.316. The average molecular weight is 318 g/mol. The molecule has 0 bridgehead atoms. The fraction of sp³-hybridized carbons (Fsp3) is 0.333. The van der Waals surface area contributed by atoms with E-state index in [1.807, 2.05) is 0 Å². The number of nitrogens with zero attached hydrogens (tertiary/aromatic N) is 3. The van der Waals surface area contributed by atoms with Crippen molar-refractivity contribution in [2.24, 2.45) is 0 Å². The summed E-state index contributed by atoms with van der Waals surface area (Å²) in [7, 11) is 4.22. The van der Waals surface area contributed by atoms with Crippen molar-refractivity contribution in [2.75, 3.05) is 26.0 Å². The largest absolute Gasteiger partial charge is 0.367 e. The van der Waals surface area contributed by atoms with Crippen molar-refractivity contribution in [1.29, 1.82) is 0 Å². The summed E-state index contributed by atoms with van der Waals surface area (Å²) in [5.41, 5.74) is 0. The maximum atomic E-state index is 4.40. The first kappa shape index (κ1) is 14.4. The van der Waals surface area contributed by atoms with Gasteiger partial charge in [-0.05, 0) is 38.5 Å². The molecular formula is C15H18N4S2. The van der Waals surface area contributed by atoms with Crippen LogP contribution in [0.1, 0.15) is 15.8 Å². The van der Waals surface area contributed by atoms with Crippen LogP contribution in [0.15, 0.2) is 29.9 Å². The van der Waals surface area contributed by atoms with Crippen LogP contribution in [0.2, 0.25) is 0 Å². The molecule has 3 aromatic heterocycles. The number of fused-ring (bicyclic) bond motifs is 1. The minimum absolute atomic E-state index is 0.342. The average Bonchev–Trinajstić information content (AvgIpc) is 3.07. The molecule has 0 aliphatic rings. The van der Waals surface area contributed by atoms with E-state index < -0.39 is 0 Å². The number of anilines is 1. The number of likely N-dealkylation sites (N-methyl/N-ethyl adjacent to an activating group) is 1. The second-order valence-electron chi connectivity index (χ2n) is 5.17. The van der Waals surface area contributed by atoms with Crippen LogP contribution in [-0.2, 0) is 0 Å². The monoisotopic (exact) mass is 318 g/mol. The van der Waals surface area contributed by atoms with Crippen LogP contribution in [0.5, 0.6) is 0 Å². The summed E-state index contributed by atoms with van der Waals surface area (Å²) in [6.07, 6.45) is 1.64. The highest BCUT2D eigenvalue weighted by Crippen LogP contribution is 2.29. The van der Waals surface area contributed by atoms with Crippen LogP contribution in [-0.4, -0.2) is 35.5 Å². The third-order valence-electron chi connectivity index (χ3n) is 3.41. The summed E-state index contributed by atoms with van der Waals surface area (Å²) in [6, 6.07) is 6.77. The summed E-state index contributed by atoms with van der Waals surface area (Å²) in [5.74, 6) is 0.924. The van der Waals surface area contributed by atoms with Crippen molar-refractivity contribution >= 4 is 38.7 Å². The fourth-order valence-electron chi connectivity index (χ4n) is 2.33. The van der Waals surface area contributed by atoms with Gasteiger partial charge in [0.05, 0.1) is 11.4 Å². The maximum absolute atomic E-state index is 4.40. The molecule has 21 heavy (non-hydrogen) atoms. The summed E-state index contributed by atoms with van der Waals surface area (Å²) in [6.45, 7) is 2.93. The fourth-order valence-corrected chi connectivity index (χ4v) is 4.10. The normalized spacial score (nSPS) is 13.0. The van der Waals surface area contributed by atoms with Gasteiger partial charge in [0.15, 0.2) is 0 Å². The molecule has 0 fully saturated rings. The molecule has 0 spiro atoms. The number of hydrogen-bond donors (Lipinski definition) is 1. The second kappa shape index (κ2) is 6.09. The lowest BCUT2D eigenvalue weighted by Gasteiger charge is -2.23. The SMILES string of the molecule is Cc1cc2c(NCC(c3cccs3)N(C)C)ncnc2s1. The van der Waals surface area contributed by atoms with Crippen LogP contribution in [0.25, 0.3) is 10.2 Å². The molecule has 0 saturated heterocycles. The van der Waals surface area contributed by atoms with Crippen molar-refractivity contribution in [3.05, 3.63) is 39.7 Å². The molecule has 0 radical (unpaired) electrons. The Morgan fingerprint density at radius 1 is 1.33 bits per heavy atom. The highest BCUT2D eigenvalue weighted by Gasteiger charge is 2.16. The topological polar surface area (TPSA) is 41.0 Å². The Balaban J connectivity index is 1.82. The van der Waals surface area contributed by atoms with E-state index in [4.69, 9.17) is 0 Å². The predicted molar refractivity (Wildman–Crippen MR) is 91.4 cm³/mol. The van der Waals surface area contributed by atoms with Crippen molar-refractivity contribution in [3.8, 4) is 0 Å². The molecule has 0 aromatic carbocycles. The molecule has 3 aromatic rings. The zero-order valence-corrected chi connectivity index (χ0v) is 14.0. The van der Waals surface area contributed by atoms with E-state index >= 15 is 0 Å². The van der Waals surface area contributed by atoms with E-state index in [-0.39, 0.29) is 0 Å². The van der Waals surface area contributed by atoms with E-state index in [0.717, 1.165) is 22.6 Å². The number of thiophene rings is 2. The molecule has 6 heteroatoms. The van der Waals surface area contributed by atoms with Gasteiger partial charge in [-0.15, -0.1) is 22.7 Å². The third kappa shape index (κ3) is 3.07. The minimum atomic E-state index is 0.342. The van der Waals surface area contributed by atoms with E-state index in [1.165, 1.54) is 9.75 Å². The minimum Gasteiger partial charge on any atom is -0.367 e. The van der Waals surface area contributed by atoms with Gasteiger partial charge >= 0.3 is 0 Å². The van der Waals surface area contributed by atoms with E-state index in [2.05, 4.69) is 64.8 Å². The molecule has 0 aliphatic heterocycles. The summed E-state index contributed by atoms with van der Waals surface area (Å²) >= 11 is 3.50. The van der Waals surface area contributed by atoms with Crippen LogP contribution in [0.3, 0.4) is 0 Å². The van der Waals surface area contributed by atoms with Gasteiger partial charge < -0.3 is 10.2 Å². The van der Waals surface area contributed by atoms with Gasteiger partial charge in [-0.2, -0.15) is 0 Å². The predicted octanol–water partition coefficient (Wildman–Crippen LogP) is 3.78. The number of nitrogens with one attached hydrogen (secondary N) is 1. The molecular weight excluding hydrogens is 300 g/mol. The van der Waals surface area contributed by atoms with Gasteiger partial charge in [0, 0.05) is 16.3 Å².